The van der Waals surface area contributed by atoms with Crippen LogP contribution in [0.5, 0.6) is 0 Å². The van der Waals surface area contributed by atoms with Crippen molar-refractivity contribution in [2.24, 2.45) is 0 Å². The van der Waals surface area contributed by atoms with E-state index in [1.807, 2.05) is 49.4 Å². The number of fused-ring (bicyclic) bond motifs is 1. The van der Waals surface area contributed by atoms with E-state index in [1.165, 1.54) is 22.6 Å². The Morgan fingerprint density at radius 3 is 2.52 bits per heavy atom. The minimum atomic E-state index is -0.193. The maximum atomic E-state index is 13.5. The fourth-order valence-electron chi connectivity index (χ4n) is 4.39. The number of piperidine rings is 1. The van der Waals surface area contributed by atoms with Crippen molar-refractivity contribution in [3.63, 3.8) is 0 Å². The van der Waals surface area contributed by atoms with Crippen molar-refractivity contribution in [2.75, 3.05) is 18.0 Å². The Hall–Kier alpha value is -2.97. The first-order valence-electron chi connectivity index (χ1n) is 11.1. The molecule has 1 amide bonds. The minimum Gasteiger partial charge on any atom is -0.356 e. The number of nitrogens with zero attached hydrogens (tertiary/aromatic N) is 4. The third kappa shape index (κ3) is 4.09. The molecule has 2 aliphatic rings. The van der Waals surface area contributed by atoms with Crippen LogP contribution in [0.25, 0.3) is 11.7 Å². The lowest BCUT2D eigenvalue weighted by Gasteiger charge is -2.29. The van der Waals surface area contributed by atoms with Gasteiger partial charge in [-0.1, -0.05) is 60.4 Å². The zero-order valence-electron chi connectivity index (χ0n) is 18.3. The number of carbonyl (C=O) groups excluding carboxylic acids is 1. The van der Waals surface area contributed by atoms with Gasteiger partial charge in [0.15, 0.2) is 0 Å². The van der Waals surface area contributed by atoms with Crippen molar-refractivity contribution in [3.05, 3.63) is 81.1 Å². The van der Waals surface area contributed by atoms with E-state index in [0.29, 0.717) is 26.3 Å². The molecular weight excluding hydrogens is 452 g/mol. The third-order valence-corrected chi connectivity index (χ3v) is 7.50. The van der Waals surface area contributed by atoms with Gasteiger partial charge in [-0.05, 0) is 50.0 Å². The Morgan fingerprint density at radius 1 is 1.03 bits per heavy atom. The van der Waals surface area contributed by atoms with Gasteiger partial charge >= 0.3 is 0 Å². The molecule has 2 saturated heterocycles. The van der Waals surface area contributed by atoms with E-state index in [0.717, 1.165) is 31.5 Å². The summed E-state index contributed by atoms with van der Waals surface area (Å²) in [4.78, 5) is 36.0. The molecule has 0 saturated carbocycles. The predicted molar refractivity (Wildman–Crippen MR) is 137 cm³/mol. The van der Waals surface area contributed by atoms with E-state index in [2.05, 4.69) is 4.90 Å². The SMILES string of the molecule is CC(c1ccccc1)N1C(=O)C(=Cc2c(N3CCCCC3)nc3ccccn3c2=O)SC1=S. The van der Waals surface area contributed by atoms with E-state index in [4.69, 9.17) is 17.2 Å². The number of carbonyl (C=O) groups is 1. The van der Waals surface area contributed by atoms with Crippen LogP contribution < -0.4 is 10.5 Å². The van der Waals surface area contributed by atoms with E-state index in [-0.39, 0.29) is 17.5 Å². The van der Waals surface area contributed by atoms with Gasteiger partial charge in [0.2, 0.25) is 0 Å². The van der Waals surface area contributed by atoms with Gasteiger partial charge in [-0.2, -0.15) is 0 Å². The van der Waals surface area contributed by atoms with Crippen LogP contribution in [0.3, 0.4) is 0 Å². The molecular formula is C25H24N4O2S2. The molecule has 1 aromatic carbocycles. The standard InChI is InChI=1S/C25H24N4O2S2/c1-17(18-10-4-2-5-11-18)29-24(31)20(33-25(29)32)16-19-22(27-13-7-3-8-14-27)26-21-12-6-9-15-28(21)23(19)30/h2,4-6,9-12,15-17H,3,7-8,13-14H2,1H3. The number of thioether (sulfide) groups is 1. The van der Waals surface area contributed by atoms with Gasteiger partial charge in [0.25, 0.3) is 11.5 Å². The number of hydrogen-bond acceptors (Lipinski definition) is 6. The van der Waals surface area contributed by atoms with Crippen LogP contribution in [0.15, 0.2) is 64.4 Å². The molecule has 0 N–H and O–H groups in total. The summed E-state index contributed by atoms with van der Waals surface area (Å²) < 4.78 is 2.03. The highest BCUT2D eigenvalue weighted by Gasteiger charge is 2.36. The monoisotopic (exact) mass is 476 g/mol. The Morgan fingerprint density at radius 2 is 1.76 bits per heavy atom. The fraction of sp³-hybridized carbons (Fsp3) is 0.280. The molecule has 33 heavy (non-hydrogen) atoms. The molecule has 0 bridgehead atoms. The van der Waals surface area contributed by atoms with Crippen molar-refractivity contribution in [1.82, 2.24) is 14.3 Å². The number of pyridine rings is 1. The molecule has 1 atom stereocenters. The van der Waals surface area contributed by atoms with Gasteiger partial charge in [-0.3, -0.25) is 18.9 Å². The Kier molecular flexibility index (Phi) is 6.03. The van der Waals surface area contributed by atoms with Crippen LogP contribution in [0.1, 0.15) is 43.4 Å². The molecule has 0 radical (unpaired) electrons. The summed E-state index contributed by atoms with van der Waals surface area (Å²) in [5.41, 5.74) is 1.87. The summed E-state index contributed by atoms with van der Waals surface area (Å²) in [5.74, 6) is 0.468. The zero-order valence-corrected chi connectivity index (χ0v) is 19.9. The van der Waals surface area contributed by atoms with Crippen molar-refractivity contribution in [1.29, 1.82) is 0 Å². The molecule has 168 valence electrons. The third-order valence-electron chi connectivity index (χ3n) is 6.17. The smallest absolute Gasteiger partial charge is 0.267 e. The summed E-state index contributed by atoms with van der Waals surface area (Å²) in [6.45, 7) is 3.67. The summed E-state index contributed by atoms with van der Waals surface area (Å²) in [6, 6.07) is 15.1. The molecule has 0 aliphatic carbocycles. The second-order valence-electron chi connectivity index (χ2n) is 8.27. The second kappa shape index (κ2) is 9.11. The summed E-state index contributed by atoms with van der Waals surface area (Å²) in [5, 5.41) is 0. The van der Waals surface area contributed by atoms with Crippen LogP contribution in [0.4, 0.5) is 5.82 Å². The van der Waals surface area contributed by atoms with Crippen LogP contribution in [-0.2, 0) is 4.79 Å². The molecule has 1 unspecified atom stereocenters. The molecule has 2 fully saturated rings. The van der Waals surface area contributed by atoms with Crippen LogP contribution in [0.2, 0.25) is 0 Å². The lowest BCUT2D eigenvalue weighted by molar-refractivity contribution is -0.123. The van der Waals surface area contributed by atoms with Gasteiger partial charge in [-0.15, -0.1) is 0 Å². The number of anilines is 1. The van der Waals surface area contributed by atoms with Gasteiger partial charge in [-0.25, -0.2) is 4.98 Å². The number of aromatic nitrogens is 2. The van der Waals surface area contributed by atoms with E-state index in [1.54, 1.807) is 23.2 Å². The quantitative estimate of drug-likeness (QED) is 0.404. The largest absolute Gasteiger partial charge is 0.356 e. The maximum absolute atomic E-state index is 13.5. The number of benzene rings is 1. The first kappa shape index (κ1) is 21.9. The predicted octanol–water partition coefficient (Wildman–Crippen LogP) is 4.65. The molecule has 4 heterocycles. The Balaban J connectivity index is 1.58. The van der Waals surface area contributed by atoms with Crippen molar-refractivity contribution >= 4 is 51.7 Å². The first-order valence-corrected chi connectivity index (χ1v) is 12.4. The highest BCUT2D eigenvalue weighted by molar-refractivity contribution is 8.26. The van der Waals surface area contributed by atoms with E-state index >= 15 is 0 Å². The molecule has 5 rings (SSSR count). The van der Waals surface area contributed by atoms with Gasteiger partial charge in [0.05, 0.1) is 16.5 Å². The molecule has 2 aliphatic heterocycles. The van der Waals surface area contributed by atoms with E-state index < -0.39 is 0 Å². The normalized spacial score (nSPS) is 19.0. The molecule has 2 aromatic heterocycles. The lowest BCUT2D eigenvalue weighted by Crippen LogP contribution is -2.33. The highest BCUT2D eigenvalue weighted by Crippen LogP contribution is 2.38. The van der Waals surface area contributed by atoms with Gasteiger partial charge in [0, 0.05) is 19.3 Å². The summed E-state index contributed by atoms with van der Waals surface area (Å²) >= 11 is 6.82. The van der Waals surface area contributed by atoms with E-state index in [9.17, 15) is 9.59 Å². The van der Waals surface area contributed by atoms with Crippen LogP contribution in [0, 0.1) is 0 Å². The zero-order chi connectivity index (χ0) is 22.9. The number of rotatable bonds is 4. The van der Waals surface area contributed by atoms with Crippen molar-refractivity contribution < 1.29 is 4.79 Å². The maximum Gasteiger partial charge on any atom is 0.267 e. The van der Waals surface area contributed by atoms with Gasteiger partial charge < -0.3 is 4.90 Å². The van der Waals surface area contributed by atoms with Crippen LogP contribution >= 0.6 is 24.0 Å². The lowest BCUT2D eigenvalue weighted by atomic mass is 10.1. The average molecular weight is 477 g/mol. The molecule has 0 spiro atoms. The second-order valence-corrected chi connectivity index (χ2v) is 9.94. The summed E-state index contributed by atoms with van der Waals surface area (Å²) in [6.07, 6.45) is 6.70. The topological polar surface area (TPSA) is 57.9 Å². The van der Waals surface area contributed by atoms with Crippen molar-refractivity contribution in [3.8, 4) is 0 Å². The molecule has 6 nitrogen and oxygen atoms in total. The fourth-order valence-corrected chi connectivity index (χ4v) is 5.79. The molecule has 8 heteroatoms. The molecule has 3 aromatic rings. The number of thiocarbonyl (C=S) groups is 1. The van der Waals surface area contributed by atoms with Crippen molar-refractivity contribution in [2.45, 2.75) is 32.2 Å². The Bertz CT molecular complexity index is 1310. The Labute approximate surface area is 201 Å². The first-order chi connectivity index (χ1) is 16.0. The van der Waals surface area contributed by atoms with Gasteiger partial charge in [0.1, 0.15) is 15.8 Å². The summed E-state index contributed by atoms with van der Waals surface area (Å²) in [7, 11) is 0. The van der Waals surface area contributed by atoms with Crippen LogP contribution in [-0.4, -0.2) is 37.6 Å². The number of hydrogen-bond donors (Lipinski definition) is 0. The average Bonchev–Trinajstić information content (AvgIpc) is 3.14. The highest BCUT2D eigenvalue weighted by atomic mass is 32.2. The minimum absolute atomic E-state index is 0.177. The number of amides is 1.